The molecule has 0 amide bonds. The fourth-order valence-corrected chi connectivity index (χ4v) is 2.14. The SMILES string of the molecule is Cc1[nH][n+]([O-])c(C)c(=O)c1CN1CCCC1. The van der Waals surface area contributed by atoms with Gasteiger partial charge in [0.1, 0.15) is 0 Å². The summed E-state index contributed by atoms with van der Waals surface area (Å²) < 4.78 is 0. The van der Waals surface area contributed by atoms with Crippen molar-refractivity contribution in [2.24, 2.45) is 0 Å². The predicted molar refractivity (Wildman–Crippen MR) is 60.0 cm³/mol. The molecule has 5 heteroatoms. The second-order valence-electron chi connectivity index (χ2n) is 4.41. The summed E-state index contributed by atoms with van der Waals surface area (Å²) in [6.07, 6.45) is 2.40. The zero-order chi connectivity index (χ0) is 11.7. The molecular weight excluding hydrogens is 206 g/mol. The highest BCUT2D eigenvalue weighted by molar-refractivity contribution is 5.18. The average molecular weight is 223 g/mol. The summed E-state index contributed by atoms with van der Waals surface area (Å²) in [5.41, 5.74) is 1.50. The molecule has 1 aromatic rings. The van der Waals surface area contributed by atoms with E-state index in [0.29, 0.717) is 17.1 Å². The van der Waals surface area contributed by atoms with Gasteiger partial charge in [-0.25, -0.2) is 0 Å². The Bertz CT molecular complexity index is 447. The molecule has 0 aliphatic carbocycles. The summed E-state index contributed by atoms with van der Waals surface area (Å²) in [6, 6.07) is 0. The van der Waals surface area contributed by atoms with Crippen molar-refractivity contribution in [1.82, 2.24) is 10.00 Å². The van der Waals surface area contributed by atoms with Gasteiger partial charge in [0.15, 0.2) is 0 Å². The van der Waals surface area contributed by atoms with Gasteiger partial charge in [0.2, 0.25) is 0 Å². The van der Waals surface area contributed by atoms with Crippen molar-refractivity contribution in [3.63, 3.8) is 0 Å². The second kappa shape index (κ2) is 4.25. The maximum absolute atomic E-state index is 11.9. The molecule has 0 atom stereocenters. The number of H-pyrrole nitrogens is 1. The van der Waals surface area contributed by atoms with E-state index in [2.05, 4.69) is 10.00 Å². The minimum absolute atomic E-state index is 0.127. The van der Waals surface area contributed by atoms with Crippen molar-refractivity contribution in [1.29, 1.82) is 0 Å². The third-order valence-electron chi connectivity index (χ3n) is 3.21. The molecule has 1 aliphatic heterocycles. The lowest BCUT2D eigenvalue weighted by Crippen LogP contribution is -2.43. The van der Waals surface area contributed by atoms with Crippen molar-refractivity contribution in [3.05, 3.63) is 32.4 Å². The fourth-order valence-electron chi connectivity index (χ4n) is 2.14. The molecule has 0 unspecified atom stereocenters. The first-order chi connectivity index (χ1) is 7.59. The van der Waals surface area contributed by atoms with Gasteiger partial charge in [-0.05, 0) is 32.9 Å². The standard InChI is InChI=1S/C11H17N3O2/c1-8-10(7-13-5-3-4-6-13)11(15)9(2)14(16)12-8/h12H,3-7H2,1-2H3. The minimum atomic E-state index is -0.127. The molecule has 2 rings (SSSR count). The Labute approximate surface area is 94.3 Å². The molecule has 0 radical (unpaired) electrons. The Hall–Kier alpha value is -1.36. The zero-order valence-electron chi connectivity index (χ0n) is 9.75. The van der Waals surface area contributed by atoms with Gasteiger partial charge >= 0.3 is 0 Å². The van der Waals surface area contributed by atoms with Gasteiger partial charge in [-0.15, -0.1) is 0 Å². The highest BCUT2D eigenvalue weighted by Crippen LogP contribution is 2.11. The Morgan fingerprint density at radius 3 is 2.62 bits per heavy atom. The van der Waals surface area contributed by atoms with Gasteiger partial charge in [-0.3, -0.25) is 9.69 Å². The van der Waals surface area contributed by atoms with Gasteiger partial charge < -0.3 is 5.21 Å². The van der Waals surface area contributed by atoms with Crippen LogP contribution in [-0.2, 0) is 6.54 Å². The monoisotopic (exact) mass is 223 g/mol. The molecule has 5 nitrogen and oxygen atoms in total. The van der Waals surface area contributed by atoms with E-state index in [4.69, 9.17) is 0 Å². The highest BCUT2D eigenvalue weighted by atomic mass is 16.5. The quantitative estimate of drug-likeness (QED) is 0.576. The molecule has 1 saturated heterocycles. The molecule has 0 spiro atoms. The highest BCUT2D eigenvalue weighted by Gasteiger charge is 2.19. The summed E-state index contributed by atoms with van der Waals surface area (Å²) in [7, 11) is 0. The molecule has 1 fully saturated rings. The number of aromatic nitrogens is 2. The lowest BCUT2D eigenvalue weighted by Gasteiger charge is -2.15. The molecule has 1 N–H and O–H groups in total. The number of aromatic amines is 1. The first-order valence-electron chi connectivity index (χ1n) is 5.64. The average Bonchev–Trinajstić information content (AvgIpc) is 2.74. The third-order valence-corrected chi connectivity index (χ3v) is 3.21. The summed E-state index contributed by atoms with van der Waals surface area (Å²) in [5, 5.41) is 14.0. The summed E-state index contributed by atoms with van der Waals surface area (Å²) in [6.45, 7) is 6.08. The van der Waals surface area contributed by atoms with Crippen molar-refractivity contribution >= 4 is 0 Å². The Kier molecular flexibility index (Phi) is 2.96. The fraction of sp³-hybridized carbons (Fsp3) is 0.636. The number of hydrogen-bond donors (Lipinski definition) is 1. The van der Waals surface area contributed by atoms with Gasteiger partial charge in [0.05, 0.1) is 5.69 Å². The van der Waals surface area contributed by atoms with Crippen molar-refractivity contribution in [3.8, 4) is 0 Å². The molecule has 1 aromatic heterocycles. The molecule has 0 saturated carbocycles. The van der Waals surface area contributed by atoms with Gasteiger partial charge in [0.25, 0.3) is 11.1 Å². The van der Waals surface area contributed by atoms with Gasteiger partial charge in [0, 0.05) is 19.0 Å². The number of nitrogens with zero attached hydrogens (tertiary/aromatic N) is 2. The third kappa shape index (κ3) is 1.95. The topological polar surface area (TPSA) is 63.0 Å². The van der Waals surface area contributed by atoms with E-state index in [1.165, 1.54) is 12.8 Å². The molecule has 0 bridgehead atoms. The molecule has 1 aliphatic rings. The number of hydrogen-bond acceptors (Lipinski definition) is 3. The molecule has 16 heavy (non-hydrogen) atoms. The van der Waals surface area contributed by atoms with Crippen LogP contribution in [0.1, 0.15) is 29.8 Å². The lowest BCUT2D eigenvalue weighted by molar-refractivity contribution is -0.676. The van der Waals surface area contributed by atoms with Crippen LogP contribution < -0.4 is 10.3 Å². The summed E-state index contributed by atoms with van der Waals surface area (Å²) in [4.78, 5) is 14.7. The minimum Gasteiger partial charge on any atom is -0.596 e. The Balaban J connectivity index is 2.32. The van der Waals surface area contributed by atoms with Crippen LogP contribution in [0, 0.1) is 19.1 Å². The van der Waals surface area contributed by atoms with E-state index in [0.717, 1.165) is 18.7 Å². The largest absolute Gasteiger partial charge is 0.596 e. The lowest BCUT2D eigenvalue weighted by atomic mass is 10.2. The second-order valence-corrected chi connectivity index (χ2v) is 4.41. The maximum Gasteiger partial charge on any atom is 0.263 e. The van der Waals surface area contributed by atoms with Crippen molar-refractivity contribution in [2.75, 3.05) is 13.1 Å². The van der Waals surface area contributed by atoms with Crippen molar-refractivity contribution in [2.45, 2.75) is 33.2 Å². The van der Waals surface area contributed by atoms with Crippen LogP contribution in [-0.4, -0.2) is 23.1 Å². The molecule has 88 valence electrons. The number of aryl methyl sites for hydroxylation is 1. The number of nitrogens with one attached hydrogen (secondary N) is 1. The molecule has 2 heterocycles. The Morgan fingerprint density at radius 1 is 1.38 bits per heavy atom. The van der Waals surface area contributed by atoms with Crippen LogP contribution >= 0.6 is 0 Å². The van der Waals surface area contributed by atoms with Crippen molar-refractivity contribution < 1.29 is 4.85 Å². The number of likely N-dealkylation sites (tertiary alicyclic amines) is 1. The van der Waals surface area contributed by atoms with E-state index in [1.807, 2.05) is 0 Å². The van der Waals surface area contributed by atoms with E-state index >= 15 is 0 Å². The first kappa shape index (κ1) is 11.1. The predicted octanol–water partition coefficient (Wildman–Crippen LogP) is 0.221. The van der Waals surface area contributed by atoms with E-state index < -0.39 is 0 Å². The summed E-state index contributed by atoms with van der Waals surface area (Å²) in [5.74, 6) is 0. The van der Waals surface area contributed by atoms with Gasteiger partial charge in [-0.1, -0.05) is 4.85 Å². The normalized spacial score (nSPS) is 16.9. The van der Waals surface area contributed by atoms with Crippen LogP contribution in [0.2, 0.25) is 0 Å². The zero-order valence-corrected chi connectivity index (χ0v) is 9.75. The maximum atomic E-state index is 11.9. The van der Waals surface area contributed by atoms with Gasteiger partial charge in [-0.2, -0.15) is 5.10 Å². The summed E-state index contributed by atoms with van der Waals surface area (Å²) >= 11 is 0. The molecular formula is C11H17N3O2. The smallest absolute Gasteiger partial charge is 0.263 e. The van der Waals surface area contributed by atoms with E-state index in [1.54, 1.807) is 13.8 Å². The number of rotatable bonds is 2. The van der Waals surface area contributed by atoms with Crippen LogP contribution in [0.15, 0.2) is 4.79 Å². The Morgan fingerprint density at radius 2 is 2.00 bits per heavy atom. The van der Waals surface area contributed by atoms with Crippen LogP contribution in [0.25, 0.3) is 0 Å². The van der Waals surface area contributed by atoms with E-state index in [9.17, 15) is 10.0 Å². The first-order valence-corrected chi connectivity index (χ1v) is 5.64. The van der Waals surface area contributed by atoms with E-state index in [-0.39, 0.29) is 11.1 Å². The van der Waals surface area contributed by atoms with Crippen LogP contribution in [0.5, 0.6) is 0 Å². The van der Waals surface area contributed by atoms with Crippen LogP contribution in [0.4, 0.5) is 0 Å². The van der Waals surface area contributed by atoms with Crippen LogP contribution in [0.3, 0.4) is 0 Å². The molecule has 0 aromatic carbocycles.